The first-order valence-corrected chi connectivity index (χ1v) is 5.43. The van der Waals surface area contributed by atoms with Crippen LogP contribution >= 0.6 is 11.6 Å². The summed E-state index contributed by atoms with van der Waals surface area (Å²) in [7, 11) is 1.41. The minimum absolute atomic E-state index is 0.151. The van der Waals surface area contributed by atoms with Crippen LogP contribution in [0, 0.1) is 0 Å². The van der Waals surface area contributed by atoms with Crippen molar-refractivity contribution in [3.05, 3.63) is 18.2 Å². The first kappa shape index (κ1) is 12.0. The number of unbranched alkanes of at least 4 members (excludes halogenated alkanes) is 1. The van der Waals surface area contributed by atoms with E-state index in [-0.39, 0.29) is 5.97 Å². The van der Waals surface area contributed by atoms with Crippen LogP contribution in [0.5, 0.6) is 0 Å². The highest BCUT2D eigenvalue weighted by atomic mass is 35.5. The van der Waals surface area contributed by atoms with Gasteiger partial charge in [-0.05, 0) is 12.8 Å². The molecule has 84 valence electrons. The Morgan fingerprint density at radius 2 is 2.40 bits per heavy atom. The Bertz CT molecular complexity index is 312. The topological polar surface area (TPSA) is 44.1 Å². The van der Waals surface area contributed by atoms with Crippen LogP contribution in [0.4, 0.5) is 0 Å². The van der Waals surface area contributed by atoms with Gasteiger partial charge in [0.05, 0.1) is 25.0 Å². The Labute approximate surface area is 94.2 Å². The minimum atomic E-state index is -0.151. The van der Waals surface area contributed by atoms with Crippen LogP contribution in [0.15, 0.2) is 12.5 Å². The molecule has 0 spiro atoms. The fraction of sp³-hybridized carbons (Fsp3) is 0.600. The van der Waals surface area contributed by atoms with Gasteiger partial charge in [-0.2, -0.15) is 0 Å². The van der Waals surface area contributed by atoms with Crippen molar-refractivity contribution in [2.45, 2.75) is 31.7 Å². The molecular formula is C10H15ClN2O2. The summed E-state index contributed by atoms with van der Waals surface area (Å²) < 4.78 is 6.53. The van der Waals surface area contributed by atoms with E-state index in [4.69, 9.17) is 11.6 Å². The highest BCUT2D eigenvalue weighted by Crippen LogP contribution is 2.04. The average molecular weight is 231 g/mol. The summed E-state index contributed by atoms with van der Waals surface area (Å²) in [6.07, 6.45) is 5.93. The number of hydrogen-bond donors (Lipinski definition) is 0. The predicted octanol–water partition coefficient (Wildman–Crippen LogP) is 1.97. The van der Waals surface area contributed by atoms with Gasteiger partial charge in [0.15, 0.2) is 0 Å². The molecular weight excluding hydrogens is 216 g/mol. The first-order valence-electron chi connectivity index (χ1n) is 4.89. The summed E-state index contributed by atoms with van der Waals surface area (Å²) in [6, 6.07) is 0. The van der Waals surface area contributed by atoms with Gasteiger partial charge in [-0.3, -0.25) is 4.79 Å². The number of hydrogen-bond acceptors (Lipinski definition) is 3. The van der Waals surface area contributed by atoms with E-state index >= 15 is 0 Å². The average Bonchev–Trinajstić information content (AvgIpc) is 2.72. The zero-order valence-corrected chi connectivity index (χ0v) is 9.54. The fourth-order valence-electron chi connectivity index (χ4n) is 1.26. The minimum Gasteiger partial charge on any atom is -0.469 e. The van der Waals surface area contributed by atoms with Crippen molar-refractivity contribution in [3.8, 4) is 0 Å². The number of carbonyl (C=O) groups excluding carboxylic acids is 1. The lowest BCUT2D eigenvalue weighted by atomic mass is 10.2. The van der Waals surface area contributed by atoms with Crippen LogP contribution in [-0.4, -0.2) is 22.6 Å². The van der Waals surface area contributed by atoms with E-state index < -0.39 is 0 Å². The van der Waals surface area contributed by atoms with E-state index in [1.807, 2.05) is 10.8 Å². The van der Waals surface area contributed by atoms with E-state index in [1.54, 1.807) is 6.33 Å². The molecule has 0 amide bonds. The first-order chi connectivity index (χ1) is 7.26. The molecule has 0 saturated carbocycles. The summed E-state index contributed by atoms with van der Waals surface area (Å²) in [5, 5.41) is 0. The number of halogens is 1. The molecule has 1 aromatic rings. The number of nitrogens with zero attached hydrogens (tertiary/aromatic N) is 2. The number of carbonyl (C=O) groups is 1. The van der Waals surface area contributed by atoms with E-state index in [2.05, 4.69) is 9.72 Å². The number of imidazole rings is 1. The Hall–Kier alpha value is -1.03. The van der Waals surface area contributed by atoms with Crippen LogP contribution in [-0.2, 0) is 22.0 Å². The third kappa shape index (κ3) is 4.34. The molecule has 1 rings (SSSR count). The lowest BCUT2D eigenvalue weighted by molar-refractivity contribution is -0.140. The van der Waals surface area contributed by atoms with Crippen LogP contribution in [0.2, 0.25) is 0 Å². The molecule has 0 atom stereocenters. The van der Waals surface area contributed by atoms with Crippen molar-refractivity contribution < 1.29 is 9.53 Å². The van der Waals surface area contributed by atoms with E-state index in [0.29, 0.717) is 12.3 Å². The maximum Gasteiger partial charge on any atom is 0.305 e. The van der Waals surface area contributed by atoms with Crippen LogP contribution in [0.25, 0.3) is 0 Å². The standard InChI is InChI=1S/C10H15ClN2O2/c1-15-10(14)4-2-3-5-13-7-9(6-11)12-8-13/h7-8H,2-6H2,1H3. The van der Waals surface area contributed by atoms with Crippen LogP contribution in [0.1, 0.15) is 25.0 Å². The molecule has 0 saturated heterocycles. The summed E-state index contributed by atoms with van der Waals surface area (Å²) in [5.74, 6) is 0.289. The molecule has 0 fully saturated rings. The van der Waals surface area contributed by atoms with E-state index in [9.17, 15) is 4.79 Å². The molecule has 4 nitrogen and oxygen atoms in total. The SMILES string of the molecule is COC(=O)CCCCn1cnc(CCl)c1. The number of ether oxygens (including phenoxy) is 1. The van der Waals surface area contributed by atoms with Gasteiger partial charge in [-0.15, -0.1) is 11.6 Å². The molecule has 5 heteroatoms. The van der Waals surface area contributed by atoms with Crippen LogP contribution < -0.4 is 0 Å². The zero-order valence-electron chi connectivity index (χ0n) is 8.78. The van der Waals surface area contributed by atoms with Gasteiger partial charge in [0.1, 0.15) is 0 Å². The molecule has 0 aliphatic heterocycles. The second kappa shape index (κ2) is 6.45. The molecule has 0 N–H and O–H groups in total. The summed E-state index contributed by atoms with van der Waals surface area (Å²) in [6.45, 7) is 0.862. The second-order valence-corrected chi connectivity index (χ2v) is 3.54. The van der Waals surface area contributed by atoms with Gasteiger partial charge in [0, 0.05) is 19.2 Å². The number of methoxy groups -OCH3 is 1. The number of aromatic nitrogens is 2. The van der Waals surface area contributed by atoms with Gasteiger partial charge in [0.2, 0.25) is 0 Å². The molecule has 0 bridgehead atoms. The Morgan fingerprint density at radius 3 is 3.00 bits per heavy atom. The maximum absolute atomic E-state index is 10.8. The fourth-order valence-corrected chi connectivity index (χ4v) is 1.40. The molecule has 0 aliphatic carbocycles. The zero-order chi connectivity index (χ0) is 11.1. The van der Waals surface area contributed by atoms with E-state index in [0.717, 1.165) is 25.1 Å². The second-order valence-electron chi connectivity index (χ2n) is 3.27. The Morgan fingerprint density at radius 1 is 1.60 bits per heavy atom. The van der Waals surface area contributed by atoms with Crippen molar-refractivity contribution in [2.24, 2.45) is 0 Å². The molecule has 1 aromatic heterocycles. The summed E-state index contributed by atoms with van der Waals surface area (Å²) in [4.78, 5) is 14.9. The number of alkyl halides is 1. The van der Waals surface area contributed by atoms with Crippen molar-refractivity contribution in [1.29, 1.82) is 0 Å². The summed E-state index contributed by atoms with van der Waals surface area (Å²) in [5.41, 5.74) is 0.879. The van der Waals surface area contributed by atoms with Crippen molar-refractivity contribution >= 4 is 17.6 Å². The normalized spacial score (nSPS) is 10.3. The van der Waals surface area contributed by atoms with Gasteiger partial charge >= 0.3 is 5.97 Å². The quantitative estimate of drug-likeness (QED) is 0.426. The third-order valence-corrected chi connectivity index (χ3v) is 2.37. The monoisotopic (exact) mass is 230 g/mol. The van der Waals surface area contributed by atoms with Crippen molar-refractivity contribution in [3.63, 3.8) is 0 Å². The predicted molar refractivity (Wildman–Crippen MR) is 57.7 cm³/mol. The lowest BCUT2D eigenvalue weighted by Gasteiger charge is -2.01. The number of esters is 1. The van der Waals surface area contributed by atoms with Crippen molar-refractivity contribution in [1.82, 2.24) is 9.55 Å². The largest absolute Gasteiger partial charge is 0.469 e. The number of rotatable bonds is 6. The highest BCUT2D eigenvalue weighted by Gasteiger charge is 2.00. The molecule has 0 aliphatic rings. The molecule has 0 aromatic carbocycles. The Kier molecular flexibility index (Phi) is 5.18. The maximum atomic E-state index is 10.8. The van der Waals surface area contributed by atoms with E-state index in [1.165, 1.54) is 7.11 Å². The molecule has 0 radical (unpaired) electrons. The molecule has 1 heterocycles. The van der Waals surface area contributed by atoms with Gasteiger partial charge < -0.3 is 9.30 Å². The lowest BCUT2D eigenvalue weighted by Crippen LogP contribution is -2.01. The van der Waals surface area contributed by atoms with Crippen LogP contribution in [0.3, 0.4) is 0 Å². The number of aryl methyl sites for hydroxylation is 1. The van der Waals surface area contributed by atoms with Crippen molar-refractivity contribution in [2.75, 3.05) is 7.11 Å². The molecule has 15 heavy (non-hydrogen) atoms. The van der Waals surface area contributed by atoms with Gasteiger partial charge in [-0.1, -0.05) is 0 Å². The molecule has 0 unspecified atom stereocenters. The highest BCUT2D eigenvalue weighted by molar-refractivity contribution is 6.16. The Balaban J connectivity index is 2.17. The van der Waals surface area contributed by atoms with Gasteiger partial charge in [-0.25, -0.2) is 4.98 Å². The van der Waals surface area contributed by atoms with Gasteiger partial charge in [0.25, 0.3) is 0 Å². The smallest absolute Gasteiger partial charge is 0.305 e. The third-order valence-electron chi connectivity index (χ3n) is 2.10. The summed E-state index contributed by atoms with van der Waals surface area (Å²) >= 11 is 5.62.